The molecule has 2 aromatic carbocycles. The summed E-state index contributed by atoms with van der Waals surface area (Å²) in [5, 5.41) is 2.58. The first-order valence-electron chi connectivity index (χ1n) is 7.62. The van der Waals surface area contributed by atoms with Crippen LogP contribution >= 0.6 is 0 Å². The molecular weight excluding hydrogens is 343 g/mol. The minimum absolute atomic E-state index is 0.0302. The second kappa shape index (κ2) is 6.71. The van der Waals surface area contributed by atoms with Crippen molar-refractivity contribution in [2.24, 2.45) is 0 Å². The van der Waals surface area contributed by atoms with E-state index in [0.717, 1.165) is 12.1 Å². The number of ether oxygens (including phenoxy) is 1. The fraction of sp³-hybridized carbons (Fsp3) is 0.118. The van der Waals surface area contributed by atoms with Crippen LogP contribution in [0.3, 0.4) is 0 Å². The lowest BCUT2D eigenvalue weighted by molar-refractivity contribution is -0.123. The number of carbonyl (C=O) groups excluding carboxylic acids is 2. The molecule has 0 saturated heterocycles. The molecule has 0 spiro atoms. The first kappa shape index (κ1) is 17.2. The molecule has 0 radical (unpaired) electrons. The Bertz CT molecular complexity index is 1060. The number of H-pyrrole nitrogens is 2. The van der Waals surface area contributed by atoms with Gasteiger partial charge in [0.2, 0.25) is 0 Å². The van der Waals surface area contributed by atoms with Crippen LogP contribution in [0.4, 0.5) is 15.8 Å². The Kier molecular flexibility index (Phi) is 4.44. The Morgan fingerprint density at radius 3 is 2.62 bits per heavy atom. The molecule has 8 nitrogen and oxygen atoms in total. The SMILES string of the molecule is CC(OC(=O)c1ccc(F)cc1N)C(=O)Nc1ccc2[nH]c(=O)[nH]c2c1. The summed E-state index contributed by atoms with van der Waals surface area (Å²) in [6.07, 6.45) is -1.12. The Morgan fingerprint density at radius 2 is 1.88 bits per heavy atom. The quantitative estimate of drug-likeness (QED) is 0.417. The third-order valence-corrected chi connectivity index (χ3v) is 3.67. The molecule has 0 aliphatic heterocycles. The van der Waals surface area contributed by atoms with Crippen LogP contribution in [0.25, 0.3) is 11.0 Å². The number of aromatic nitrogens is 2. The van der Waals surface area contributed by atoms with Crippen LogP contribution in [-0.4, -0.2) is 27.9 Å². The molecule has 9 heteroatoms. The average molecular weight is 358 g/mol. The number of halogens is 1. The highest BCUT2D eigenvalue weighted by Gasteiger charge is 2.21. The van der Waals surface area contributed by atoms with Gasteiger partial charge in [0.05, 0.1) is 16.6 Å². The van der Waals surface area contributed by atoms with Crippen molar-refractivity contribution in [3.63, 3.8) is 0 Å². The molecule has 1 unspecified atom stereocenters. The molecule has 0 saturated carbocycles. The molecular formula is C17H15FN4O4. The number of rotatable bonds is 4. The first-order valence-corrected chi connectivity index (χ1v) is 7.62. The van der Waals surface area contributed by atoms with Gasteiger partial charge in [-0.15, -0.1) is 0 Å². The van der Waals surface area contributed by atoms with Crippen molar-refractivity contribution in [1.82, 2.24) is 9.97 Å². The van der Waals surface area contributed by atoms with Crippen molar-refractivity contribution in [3.8, 4) is 0 Å². The summed E-state index contributed by atoms with van der Waals surface area (Å²) in [6, 6.07) is 8.04. The number of fused-ring (bicyclic) bond motifs is 1. The van der Waals surface area contributed by atoms with Crippen LogP contribution in [0, 0.1) is 5.82 Å². The number of anilines is 2. The largest absolute Gasteiger partial charge is 0.449 e. The van der Waals surface area contributed by atoms with E-state index >= 15 is 0 Å². The predicted molar refractivity (Wildman–Crippen MR) is 93.2 cm³/mol. The summed E-state index contributed by atoms with van der Waals surface area (Å²) >= 11 is 0. The number of nitrogens with two attached hydrogens (primary N) is 1. The molecule has 1 heterocycles. The summed E-state index contributed by atoms with van der Waals surface area (Å²) < 4.78 is 18.1. The monoisotopic (exact) mass is 358 g/mol. The summed E-state index contributed by atoms with van der Waals surface area (Å²) in [7, 11) is 0. The van der Waals surface area contributed by atoms with Crippen LogP contribution in [0.2, 0.25) is 0 Å². The molecule has 1 atom stereocenters. The van der Waals surface area contributed by atoms with Crippen molar-refractivity contribution in [3.05, 3.63) is 58.3 Å². The van der Waals surface area contributed by atoms with E-state index in [1.54, 1.807) is 18.2 Å². The average Bonchev–Trinajstić information content (AvgIpc) is 2.93. The molecule has 26 heavy (non-hydrogen) atoms. The minimum atomic E-state index is -1.12. The molecule has 5 N–H and O–H groups in total. The Morgan fingerprint density at radius 1 is 1.15 bits per heavy atom. The van der Waals surface area contributed by atoms with Gasteiger partial charge >= 0.3 is 11.7 Å². The standard InChI is InChI=1S/C17H15FN4O4/c1-8(26-16(24)11-4-2-9(18)6-12(11)19)15(23)20-10-3-5-13-14(7-10)22-17(25)21-13/h2-8H,19H2,1H3,(H,20,23)(H2,21,22,25). The lowest BCUT2D eigenvalue weighted by Crippen LogP contribution is -2.30. The first-order chi connectivity index (χ1) is 12.3. The number of esters is 1. The zero-order valence-electron chi connectivity index (χ0n) is 13.6. The molecule has 1 aromatic heterocycles. The summed E-state index contributed by atoms with van der Waals surface area (Å²) in [4.78, 5) is 40.7. The van der Waals surface area contributed by atoms with Crippen LogP contribution < -0.4 is 16.7 Å². The maximum atomic E-state index is 13.0. The maximum absolute atomic E-state index is 13.0. The number of imidazole rings is 1. The third kappa shape index (κ3) is 3.56. The number of hydrogen-bond donors (Lipinski definition) is 4. The van der Waals surface area contributed by atoms with Gasteiger partial charge in [0.1, 0.15) is 5.82 Å². The Hall–Kier alpha value is -3.62. The number of benzene rings is 2. The van der Waals surface area contributed by atoms with Crippen LogP contribution in [0.1, 0.15) is 17.3 Å². The topological polar surface area (TPSA) is 130 Å². The van der Waals surface area contributed by atoms with E-state index in [2.05, 4.69) is 15.3 Å². The van der Waals surface area contributed by atoms with E-state index in [9.17, 15) is 18.8 Å². The van der Waals surface area contributed by atoms with Gasteiger partial charge in [-0.25, -0.2) is 14.0 Å². The lowest BCUT2D eigenvalue weighted by Gasteiger charge is -2.14. The van der Waals surface area contributed by atoms with Crippen molar-refractivity contribution < 1.29 is 18.7 Å². The van der Waals surface area contributed by atoms with Crippen LogP contribution in [0.5, 0.6) is 0 Å². The third-order valence-electron chi connectivity index (χ3n) is 3.67. The van der Waals surface area contributed by atoms with Gasteiger partial charge in [0.25, 0.3) is 5.91 Å². The van der Waals surface area contributed by atoms with E-state index in [1.165, 1.54) is 13.0 Å². The van der Waals surface area contributed by atoms with Crippen molar-refractivity contribution in [2.75, 3.05) is 11.1 Å². The minimum Gasteiger partial charge on any atom is -0.449 e. The van der Waals surface area contributed by atoms with Gasteiger partial charge in [-0.3, -0.25) is 4.79 Å². The fourth-order valence-corrected chi connectivity index (χ4v) is 2.35. The Labute approximate surface area is 146 Å². The van der Waals surface area contributed by atoms with Crippen molar-refractivity contribution in [2.45, 2.75) is 13.0 Å². The zero-order valence-corrected chi connectivity index (χ0v) is 13.6. The highest BCUT2D eigenvalue weighted by molar-refractivity contribution is 6.00. The summed E-state index contributed by atoms with van der Waals surface area (Å²) in [6.45, 7) is 1.39. The van der Waals surface area contributed by atoms with Crippen LogP contribution in [0.15, 0.2) is 41.2 Å². The van der Waals surface area contributed by atoms with Crippen LogP contribution in [-0.2, 0) is 9.53 Å². The molecule has 3 aromatic rings. The molecule has 0 aliphatic carbocycles. The highest BCUT2D eigenvalue weighted by Crippen LogP contribution is 2.17. The highest BCUT2D eigenvalue weighted by atomic mass is 19.1. The van der Waals surface area contributed by atoms with Crippen molar-refractivity contribution in [1.29, 1.82) is 0 Å². The number of nitrogens with one attached hydrogen (secondary N) is 3. The van der Waals surface area contributed by atoms with Gasteiger partial charge in [0.15, 0.2) is 6.10 Å². The summed E-state index contributed by atoms with van der Waals surface area (Å²) in [5.41, 5.74) is 6.65. The molecule has 3 rings (SSSR count). The molecule has 134 valence electrons. The van der Waals surface area contributed by atoms with Gasteiger partial charge in [-0.05, 0) is 43.3 Å². The zero-order chi connectivity index (χ0) is 18.8. The lowest BCUT2D eigenvalue weighted by atomic mass is 10.2. The van der Waals surface area contributed by atoms with Crippen molar-refractivity contribution >= 4 is 34.3 Å². The van der Waals surface area contributed by atoms with Gasteiger partial charge < -0.3 is 25.8 Å². The van der Waals surface area contributed by atoms with E-state index in [1.807, 2.05) is 0 Å². The van der Waals surface area contributed by atoms with Gasteiger partial charge in [-0.1, -0.05) is 0 Å². The number of carbonyl (C=O) groups is 2. The summed E-state index contributed by atoms with van der Waals surface area (Å²) in [5.74, 6) is -1.99. The number of hydrogen-bond acceptors (Lipinski definition) is 5. The smallest absolute Gasteiger partial charge is 0.341 e. The molecule has 0 fully saturated rings. The van der Waals surface area contributed by atoms with Gasteiger partial charge in [0, 0.05) is 11.4 Å². The maximum Gasteiger partial charge on any atom is 0.341 e. The van der Waals surface area contributed by atoms with E-state index in [0.29, 0.717) is 16.7 Å². The van der Waals surface area contributed by atoms with Gasteiger partial charge in [-0.2, -0.15) is 0 Å². The Balaban J connectivity index is 1.68. The van der Waals surface area contributed by atoms with E-state index in [-0.39, 0.29) is 16.9 Å². The van der Waals surface area contributed by atoms with E-state index < -0.39 is 23.8 Å². The number of amides is 1. The number of aromatic amines is 2. The predicted octanol–water partition coefficient (Wildman–Crippen LogP) is 1.76. The second-order valence-corrected chi connectivity index (χ2v) is 5.61. The second-order valence-electron chi connectivity index (χ2n) is 5.61. The number of nitrogen functional groups attached to an aromatic ring is 1. The molecule has 0 aliphatic rings. The normalized spacial score (nSPS) is 11.9. The molecule has 0 bridgehead atoms. The van der Waals surface area contributed by atoms with E-state index in [4.69, 9.17) is 10.5 Å². The molecule has 1 amide bonds. The fourth-order valence-electron chi connectivity index (χ4n) is 2.35.